The number of aromatic nitrogens is 1. The number of pyridine rings is 1. The van der Waals surface area contributed by atoms with Gasteiger partial charge >= 0.3 is 0 Å². The van der Waals surface area contributed by atoms with E-state index in [1.165, 1.54) is 25.7 Å². The standard InChI is InChI=1S/C11H16N2O/c12-10-5-6-13-11(7-10)14-8-9-3-1-2-4-9/h5-7,9H,1-4,8H2,(H2,12,13). The lowest BCUT2D eigenvalue weighted by Gasteiger charge is -2.10. The minimum atomic E-state index is 0.650. The Balaban J connectivity index is 1.85. The third-order valence-corrected chi connectivity index (χ3v) is 2.70. The van der Waals surface area contributed by atoms with Gasteiger partial charge < -0.3 is 10.5 Å². The highest BCUT2D eigenvalue weighted by Crippen LogP contribution is 2.25. The summed E-state index contributed by atoms with van der Waals surface area (Å²) in [6, 6.07) is 3.54. The Labute approximate surface area is 84.3 Å². The van der Waals surface area contributed by atoms with Gasteiger partial charge in [-0.25, -0.2) is 4.98 Å². The van der Waals surface area contributed by atoms with Crippen molar-refractivity contribution in [2.75, 3.05) is 12.3 Å². The molecule has 1 heterocycles. The Kier molecular flexibility index (Phi) is 2.87. The van der Waals surface area contributed by atoms with Crippen LogP contribution in [-0.2, 0) is 0 Å². The van der Waals surface area contributed by atoms with Gasteiger partial charge in [0.2, 0.25) is 5.88 Å². The van der Waals surface area contributed by atoms with Gasteiger partial charge in [-0.15, -0.1) is 0 Å². The predicted octanol–water partition coefficient (Wildman–Crippen LogP) is 2.23. The maximum absolute atomic E-state index is 5.62. The molecule has 0 atom stereocenters. The number of anilines is 1. The first-order valence-electron chi connectivity index (χ1n) is 5.19. The second kappa shape index (κ2) is 4.31. The lowest BCUT2D eigenvalue weighted by atomic mass is 10.1. The second-order valence-electron chi connectivity index (χ2n) is 3.89. The van der Waals surface area contributed by atoms with E-state index in [2.05, 4.69) is 4.98 Å². The van der Waals surface area contributed by atoms with Crippen LogP contribution in [0.5, 0.6) is 5.88 Å². The molecular formula is C11H16N2O. The Morgan fingerprint density at radius 3 is 2.93 bits per heavy atom. The first kappa shape index (κ1) is 9.31. The molecule has 0 amide bonds. The molecule has 2 rings (SSSR count). The van der Waals surface area contributed by atoms with E-state index in [1.54, 1.807) is 18.3 Å². The molecule has 1 aromatic heterocycles. The van der Waals surface area contributed by atoms with Gasteiger partial charge in [0.15, 0.2) is 0 Å². The summed E-state index contributed by atoms with van der Waals surface area (Å²) in [6.45, 7) is 0.788. The van der Waals surface area contributed by atoms with E-state index >= 15 is 0 Å². The topological polar surface area (TPSA) is 48.1 Å². The molecule has 0 aromatic carbocycles. The van der Waals surface area contributed by atoms with Crippen molar-refractivity contribution in [3.05, 3.63) is 18.3 Å². The van der Waals surface area contributed by atoms with Crippen molar-refractivity contribution in [3.63, 3.8) is 0 Å². The molecule has 1 aliphatic rings. The summed E-state index contributed by atoms with van der Waals surface area (Å²) in [4.78, 5) is 4.10. The van der Waals surface area contributed by atoms with E-state index in [4.69, 9.17) is 10.5 Å². The largest absolute Gasteiger partial charge is 0.477 e. The van der Waals surface area contributed by atoms with Crippen molar-refractivity contribution in [1.82, 2.24) is 4.98 Å². The highest BCUT2D eigenvalue weighted by atomic mass is 16.5. The zero-order chi connectivity index (χ0) is 9.80. The van der Waals surface area contributed by atoms with Crippen LogP contribution in [0.15, 0.2) is 18.3 Å². The van der Waals surface area contributed by atoms with Gasteiger partial charge in [0.05, 0.1) is 6.61 Å². The van der Waals surface area contributed by atoms with Crippen LogP contribution in [0.1, 0.15) is 25.7 Å². The van der Waals surface area contributed by atoms with Crippen LogP contribution in [0.4, 0.5) is 5.69 Å². The highest BCUT2D eigenvalue weighted by molar-refractivity contribution is 5.39. The summed E-state index contributed by atoms with van der Waals surface area (Å²) in [5, 5.41) is 0. The van der Waals surface area contributed by atoms with Crippen LogP contribution in [-0.4, -0.2) is 11.6 Å². The molecule has 0 saturated heterocycles. The van der Waals surface area contributed by atoms with E-state index in [-0.39, 0.29) is 0 Å². The van der Waals surface area contributed by atoms with Crippen LogP contribution >= 0.6 is 0 Å². The van der Waals surface area contributed by atoms with E-state index < -0.39 is 0 Å². The summed E-state index contributed by atoms with van der Waals surface area (Å²) < 4.78 is 5.58. The maximum atomic E-state index is 5.62. The molecular weight excluding hydrogens is 176 g/mol. The average molecular weight is 192 g/mol. The Hall–Kier alpha value is -1.25. The maximum Gasteiger partial charge on any atom is 0.215 e. The van der Waals surface area contributed by atoms with Crippen molar-refractivity contribution in [2.45, 2.75) is 25.7 Å². The normalized spacial score (nSPS) is 17.1. The van der Waals surface area contributed by atoms with Crippen molar-refractivity contribution < 1.29 is 4.74 Å². The molecule has 0 unspecified atom stereocenters. The monoisotopic (exact) mass is 192 g/mol. The molecule has 76 valence electrons. The molecule has 1 aromatic rings. The Morgan fingerprint density at radius 1 is 1.43 bits per heavy atom. The van der Waals surface area contributed by atoms with Gasteiger partial charge in [-0.1, -0.05) is 12.8 Å². The van der Waals surface area contributed by atoms with Crippen molar-refractivity contribution in [1.29, 1.82) is 0 Å². The molecule has 14 heavy (non-hydrogen) atoms. The van der Waals surface area contributed by atoms with E-state index in [0.717, 1.165) is 12.5 Å². The molecule has 3 nitrogen and oxygen atoms in total. The number of nitrogens with two attached hydrogens (primary N) is 1. The van der Waals surface area contributed by atoms with Gasteiger partial charge in [0.25, 0.3) is 0 Å². The zero-order valence-electron chi connectivity index (χ0n) is 8.28. The highest BCUT2D eigenvalue weighted by Gasteiger charge is 2.15. The van der Waals surface area contributed by atoms with Crippen LogP contribution in [0.2, 0.25) is 0 Å². The van der Waals surface area contributed by atoms with Crippen LogP contribution in [0.3, 0.4) is 0 Å². The summed E-state index contributed by atoms with van der Waals surface area (Å²) in [6.07, 6.45) is 6.96. The molecule has 0 aliphatic heterocycles. The van der Waals surface area contributed by atoms with E-state index in [0.29, 0.717) is 11.6 Å². The second-order valence-corrected chi connectivity index (χ2v) is 3.89. The van der Waals surface area contributed by atoms with Gasteiger partial charge in [-0.3, -0.25) is 0 Å². The summed E-state index contributed by atoms with van der Waals surface area (Å²) in [7, 11) is 0. The van der Waals surface area contributed by atoms with Gasteiger partial charge in [-0.2, -0.15) is 0 Å². The summed E-state index contributed by atoms with van der Waals surface area (Å²) >= 11 is 0. The van der Waals surface area contributed by atoms with E-state index in [9.17, 15) is 0 Å². The van der Waals surface area contributed by atoms with Gasteiger partial charge in [-0.05, 0) is 24.8 Å². The van der Waals surface area contributed by atoms with Crippen molar-refractivity contribution in [3.8, 4) is 5.88 Å². The number of ether oxygens (including phenoxy) is 1. The molecule has 0 spiro atoms. The van der Waals surface area contributed by atoms with Crippen molar-refractivity contribution >= 4 is 5.69 Å². The smallest absolute Gasteiger partial charge is 0.215 e. The van der Waals surface area contributed by atoms with Gasteiger partial charge in [0, 0.05) is 18.0 Å². The SMILES string of the molecule is Nc1ccnc(OCC2CCCC2)c1. The number of hydrogen-bond donors (Lipinski definition) is 1. The number of hydrogen-bond acceptors (Lipinski definition) is 3. The van der Waals surface area contributed by atoms with Crippen LogP contribution in [0, 0.1) is 5.92 Å². The fourth-order valence-electron chi connectivity index (χ4n) is 1.88. The molecule has 0 radical (unpaired) electrons. The lowest BCUT2D eigenvalue weighted by Crippen LogP contribution is -2.08. The number of nitrogen functional groups attached to an aromatic ring is 1. The molecule has 1 fully saturated rings. The first-order valence-corrected chi connectivity index (χ1v) is 5.19. The Bertz CT molecular complexity index is 295. The summed E-state index contributed by atoms with van der Waals surface area (Å²) in [5.41, 5.74) is 6.33. The number of nitrogens with zero attached hydrogens (tertiary/aromatic N) is 1. The molecule has 2 N–H and O–H groups in total. The Morgan fingerprint density at radius 2 is 2.21 bits per heavy atom. The third kappa shape index (κ3) is 2.37. The predicted molar refractivity (Wildman–Crippen MR) is 56.1 cm³/mol. The fraction of sp³-hybridized carbons (Fsp3) is 0.545. The number of rotatable bonds is 3. The first-order chi connectivity index (χ1) is 6.84. The molecule has 3 heteroatoms. The summed E-state index contributed by atoms with van der Waals surface area (Å²) in [5.74, 6) is 1.37. The average Bonchev–Trinajstić information content (AvgIpc) is 2.67. The molecule has 0 bridgehead atoms. The van der Waals surface area contributed by atoms with Crippen LogP contribution < -0.4 is 10.5 Å². The van der Waals surface area contributed by atoms with Gasteiger partial charge in [0.1, 0.15) is 0 Å². The molecule has 1 aliphatic carbocycles. The minimum Gasteiger partial charge on any atom is -0.477 e. The van der Waals surface area contributed by atoms with Crippen LogP contribution in [0.25, 0.3) is 0 Å². The van der Waals surface area contributed by atoms with E-state index in [1.807, 2.05) is 0 Å². The quantitative estimate of drug-likeness (QED) is 0.798. The lowest BCUT2D eigenvalue weighted by molar-refractivity contribution is 0.243. The zero-order valence-corrected chi connectivity index (χ0v) is 8.28. The molecule has 1 saturated carbocycles. The fourth-order valence-corrected chi connectivity index (χ4v) is 1.88. The minimum absolute atomic E-state index is 0.650. The van der Waals surface area contributed by atoms with Crippen molar-refractivity contribution in [2.24, 2.45) is 5.92 Å². The third-order valence-electron chi connectivity index (χ3n) is 2.70.